The Labute approximate surface area is 99.6 Å². The first-order chi connectivity index (χ1) is 7.50. The van der Waals surface area contributed by atoms with E-state index in [1.165, 1.54) is 12.0 Å². The van der Waals surface area contributed by atoms with E-state index in [1.807, 2.05) is 0 Å². The monoisotopic (exact) mass is 220 g/mol. The van der Waals surface area contributed by atoms with Gasteiger partial charge in [-0.3, -0.25) is 4.79 Å². The molecule has 0 amide bonds. The van der Waals surface area contributed by atoms with Crippen LogP contribution in [0.15, 0.2) is 23.8 Å². The third kappa shape index (κ3) is 3.96. The maximum atomic E-state index is 11.7. The molecule has 0 N–H and O–H groups in total. The van der Waals surface area contributed by atoms with Gasteiger partial charge in [0, 0.05) is 12.3 Å². The summed E-state index contributed by atoms with van der Waals surface area (Å²) in [6.07, 6.45) is 9.55. The van der Waals surface area contributed by atoms with Crippen LogP contribution in [0.1, 0.15) is 47.0 Å². The fourth-order valence-electron chi connectivity index (χ4n) is 2.22. The van der Waals surface area contributed by atoms with Crippen LogP contribution in [0.5, 0.6) is 0 Å². The number of carbonyl (C=O) groups is 1. The van der Waals surface area contributed by atoms with Crippen molar-refractivity contribution in [3.8, 4) is 0 Å². The highest BCUT2D eigenvalue weighted by atomic mass is 16.1. The Morgan fingerprint density at radius 1 is 1.38 bits per heavy atom. The smallest absolute Gasteiger partial charge is 0.135 e. The molecule has 0 spiro atoms. The van der Waals surface area contributed by atoms with Crippen LogP contribution in [0.25, 0.3) is 0 Å². The number of allylic oxidation sites excluding steroid dienone is 4. The minimum Gasteiger partial charge on any atom is -0.299 e. The first-order valence-electron chi connectivity index (χ1n) is 6.35. The summed E-state index contributed by atoms with van der Waals surface area (Å²) in [6, 6.07) is 0. The normalized spacial score (nSPS) is 28.1. The molecule has 3 atom stereocenters. The van der Waals surface area contributed by atoms with Crippen molar-refractivity contribution in [2.24, 2.45) is 17.8 Å². The Hall–Kier alpha value is -0.850. The summed E-state index contributed by atoms with van der Waals surface area (Å²) < 4.78 is 0. The average molecular weight is 220 g/mol. The molecule has 0 heterocycles. The van der Waals surface area contributed by atoms with Crippen LogP contribution in [-0.2, 0) is 4.79 Å². The molecule has 1 saturated carbocycles. The second-order valence-corrected chi connectivity index (χ2v) is 5.40. The van der Waals surface area contributed by atoms with Gasteiger partial charge in [0.2, 0.25) is 0 Å². The predicted octanol–water partition coefficient (Wildman–Crippen LogP) is 4.15. The van der Waals surface area contributed by atoms with Gasteiger partial charge < -0.3 is 0 Å². The minimum absolute atomic E-state index is 0.296. The summed E-state index contributed by atoms with van der Waals surface area (Å²) in [7, 11) is 0. The standard InChI is InChI=1S/C15H24O/c1-11(2)6-5-7-12(3)14-9-8-13(4)15(16)10-14/h5-7,12-14H,8-10H2,1-4H3/b7-5+/t12-,13+,14?/m1/s1. The topological polar surface area (TPSA) is 17.1 Å². The molecular formula is C15H24O. The molecule has 1 unspecified atom stereocenters. The largest absolute Gasteiger partial charge is 0.299 e. The Morgan fingerprint density at radius 3 is 2.62 bits per heavy atom. The molecule has 90 valence electrons. The molecule has 1 nitrogen and oxygen atoms in total. The van der Waals surface area contributed by atoms with Gasteiger partial charge in [-0.15, -0.1) is 0 Å². The Morgan fingerprint density at radius 2 is 2.06 bits per heavy atom. The highest BCUT2D eigenvalue weighted by molar-refractivity contribution is 5.81. The van der Waals surface area contributed by atoms with Crippen LogP contribution in [0.3, 0.4) is 0 Å². The van der Waals surface area contributed by atoms with Crippen molar-refractivity contribution in [1.82, 2.24) is 0 Å². The first-order valence-corrected chi connectivity index (χ1v) is 6.35. The Kier molecular flexibility index (Phi) is 4.98. The molecule has 1 rings (SSSR count). The van der Waals surface area contributed by atoms with Crippen LogP contribution in [0.4, 0.5) is 0 Å². The van der Waals surface area contributed by atoms with Gasteiger partial charge in [-0.1, -0.05) is 37.6 Å². The van der Waals surface area contributed by atoms with E-state index in [2.05, 4.69) is 45.9 Å². The van der Waals surface area contributed by atoms with Crippen molar-refractivity contribution in [2.75, 3.05) is 0 Å². The van der Waals surface area contributed by atoms with Gasteiger partial charge >= 0.3 is 0 Å². The molecule has 1 heteroatoms. The fourth-order valence-corrected chi connectivity index (χ4v) is 2.22. The number of ketones is 1. The molecule has 0 saturated heterocycles. The second kappa shape index (κ2) is 6.03. The zero-order valence-electron chi connectivity index (χ0n) is 11.0. The number of hydrogen-bond donors (Lipinski definition) is 0. The van der Waals surface area contributed by atoms with E-state index in [0.29, 0.717) is 23.5 Å². The van der Waals surface area contributed by atoms with Crippen LogP contribution >= 0.6 is 0 Å². The fraction of sp³-hybridized carbons (Fsp3) is 0.667. The van der Waals surface area contributed by atoms with E-state index >= 15 is 0 Å². The molecule has 0 aliphatic heterocycles. The molecule has 0 bridgehead atoms. The molecule has 0 aromatic carbocycles. The van der Waals surface area contributed by atoms with Crippen LogP contribution in [0.2, 0.25) is 0 Å². The van der Waals surface area contributed by atoms with Gasteiger partial charge in [-0.2, -0.15) is 0 Å². The SMILES string of the molecule is CC(C)=C/C=C/[C@@H](C)C1CC[C@H](C)C(=O)C1. The van der Waals surface area contributed by atoms with Gasteiger partial charge in [0.15, 0.2) is 0 Å². The molecule has 16 heavy (non-hydrogen) atoms. The van der Waals surface area contributed by atoms with Crippen molar-refractivity contribution in [2.45, 2.75) is 47.0 Å². The highest BCUT2D eigenvalue weighted by Crippen LogP contribution is 2.31. The van der Waals surface area contributed by atoms with E-state index in [1.54, 1.807) is 0 Å². The molecule has 1 aliphatic rings. The van der Waals surface area contributed by atoms with Crippen molar-refractivity contribution in [3.05, 3.63) is 23.8 Å². The molecular weight excluding hydrogens is 196 g/mol. The van der Waals surface area contributed by atoms with E-state index in [9.17, 15) is 4.79 Å². The van der Waals surface area contributed by atoms with Crippen molar-refractivity contribution in [3.63, 3.8) is 0 Å². The lowest BCUT2D eigenvalue weighted by Gasteiger charge is -2.28. The quantitative estimate of drug-likeness (QED) is 0.653. The van der Waals surface area contributed by atoms with Crippen molar-refractivity contribution >= 4 is 5.78 Å². The summed E-state index contributed by atoms with van der Waals surface area (Å²) in [6.45, 7) is 8.48. The number of rotatable bonds is 3. The molecule has 1 fully saturated rings. The highest BCUT2D eigenvalue weighted by Gasteiger charge is 2.27. The number of Topliss-reactive ketones (excluding diaryl/α,β-unsaturated/α-hetero) is 1. The summed E-state index contributed by atoms with van der Waals surface area (Å²) in [5.74, 6) is 1.83. The number of carbonyl (C=O) groups excluding carboxylic acids is 1. The third-order valence-electron chi connectivity index (χ3n) is 3.57. The Bertz CT molecular complexity index is 295. The van der Waals surface area contributed by atoms with E-state index in [4.69, 9.17) is 0 Å². The summed E-state index contributed by atoms with van der Waals surface area (Å²) >= 11 is 0. The second-order valence-electron chi connectivity index (χ2n) is 5.40. The summed E-state index contributed by atoms with van der Waals surface area (Å²) in [5.41, 5.74) is 1.32. The Balaban J connectivity index is 2.49. The molecule has 1 aliphatic carbocycles. The lowest BCUT2D eigenvalue weighted by molar-refractivity contribution is -0.125. The summed E-state index contributed by atoms with van der Waals surface area (Å²) in [4.78, 5) is 11.7. The molecule has 0 radical (unpaired) electrons. The van der Waals surface area contributed by atoms with E-state index in [0.717, 1.165) is 12.8 Å². The average Bonchev–Trinajstić information content (AvgIpc) is 2.21. The van der Waals surface area contributed by atoms with Gasteiger partial charge in [-0.05, 0) is 38.5 Å². The zero-order chi connectivity index (χ0) is 12.1. The van der Waals surface area contributed by atoms with Crippen LogP contribution in [0, 0.1) is 17.8 Å². The number of hydrogen-bond acceptors (Lipinski definition) is 1. The minimum atomic E-state index is 0.296. The zero-order valence-corrected chi connectivity index (χ0v) is 11.0. The van der Waals surface area contributed by atoms with Gasteiger partial charge in [0.1, 0.15) is 5.78 Å². The predicted molar refractivity (Wildman–Crippen MR) is 69.2 cm³/mol. The lowest BCUT2D eigenvalue weighted by Crippen LogP contribution is -2.25. The van der Waals surface area contributed by atoms with Gasteiger partial charge in [-0.25, -0.2) is 0 Å². The summed E-state index contributed by atoms with van der Waals surface area (Å²) in [5, 5.41) is 0. The third-order valence-corrected chi connectivity index (χ3v) is 3.57. The molecule has 0 aromatic heterocycles. The van der Waals surface area contributed by atoms with Crippen LogP contribution in [-0.4, -0.2) is 5.78 Å². The van der Waals surface area contributed by atoms with Crippen LogP contribution < -0.4 is 0 Å². The van der Waals surface area contributed by atoms with E-state index in [-0.39, 0.29) is 0 Å². The van der Waals surface area contributed by atoms with E-state index < -0.39 is 0 Å². The van der Waals surface area contributed by atoms with Crippen molar-refractivity contribution in [1.29, 1.82) is 0 Å². The molecule has 0 aromatic rings. The van der Waals surface area contributed by atoms with Gasteiger partial charge in [0.05, 0.1) is 0 Å². The van der Waals surface area contributed by atoms with Crippen molar-refractivity contribution < 1.29 is 4.79 Å². The first kappa shape index (κ1) is 13.2. The lowest BCUT2D eigenvalue weighted by atomic mass is 9.76. The maximum Gasteiger partial charge on any atom is 0.135 e. The van der Waals surface area contributed by atoms with Gasteiger partial charge in [0.25, 0.3) is 0 Å². The maximum absolute atomic E-state index is 11.7.